The molecule has 0 aromatic heterocycles. The van der Waals surface area contributed by atoms with Crippen molar-refractivity contribution >= 4 is 11.5 Å². The van der Waals surface area contributed by atoms with Crippen LogP contribution in [0.25, 0.3) is 5.57 Å². The minimum Gasteiger partial charge on any atom is -0.394 e. The van der Waals surface area contributed by atoms with Gasteiger partial charge in [-0.2, -0.15) is 26.3 Å². The Morgan fingerprint density at radius 3 is 2.20 bits per heavy atom. The van der Waals surface area contributed by atoms with Crippen molar-refractivity contribution in [2.75, 3.05) is 52.5 Å². The van der Waals surface area contributed by atoms with Crippen molar-refractivity contribution in [1.29, 1.82) is 0 Å². The number of carbonyl (C=O) groups is 1. The molecule has 1 aliphatic heterocycles. The monoisotopic (exact) mass is 440 g/mol. The normalized spacial score (nSPS) is 16.0. The zero-order chi connectivity index (χ0) is 22.5. The lowest BCUT2D eigenvalue weighted by Gasteiger charge is -2.35. The van der Waals surface area contributed by atoms with Crippen LogP contribution in [0.1, 0.15) is 16.7 Å². The highest BCUT2D eigenvalue weighted by atomic mass is 19.4. The molecule has 0 bridgehead atoms. The first-order valence-corrected chi connectivity index (χ1v) is 9.13. The Kier molecular flexibility index (Phi) is 7.89. The lowest BCUT2D eigenvalue weighted by molar-refractivity contribution is -0.162. The fourth-order valence-corrected chi connectivity index (χ4v) is 3.19. The number of alkyl halides is 6. The molecule has 11 heteroatoms. The standard InChI is InChI=1S/C19H22F6N2O3/c1-13(14-3-2-4-15(18(20,21)22)16(14)19(23,24)25)17(29)27-7-5-26(6-8-27)9-11-30-12-10-28/h2-4,28H,1,5-12H2. The van der Waals surface area contributed by atoms with Crippen molar-refractivity contribution < 1.29 is 41.0 Å². The number of piperazine rings is 1. The van der Waals surface area contributed by atoms with Crippen LogP contribution >= 0.6 is 0 Å². The van der Waals surface area contributed by atoms with Gasteiger partial charge in [-0.1, -0.05) is 18.7 Å². The molecule has 0 atom stereocenters. The number of aliphatic hydroxyl groups excluding tert-OH is 1. The van der Waals surface area contributed by atoms with Crippen molar-refractivity contribution in [2.24, 2.45) is 0 Å². The lowest BCUT2D eigenvalue weighted by Crippen LogP contribution is -2.49. The first-order valence-electron chi connectivity index (χ1n) is 9.13. The Labute approximate surface area is 169 Å². The molecule has 0 saturated carbocycles. The van der Waals surface area contributed by atoms with E-state index in [2.05, 4.69) is 6.58 Å². The van der Waals surface area contributed by atoms with Crippen LogP contribution in [0, 0.1) is 0 Å². The number of benzene rings is 1. The molecule has 5 nitrogen and oxygen atoms in total. The van der Waals surface area contributed by atoms with Crippen molar-refractivity contribution in [3.05, 3.63) is 41.5 Å². The number of hydrogen-bond donors (Lipinski definition) is 1. The van der Waals surface area contributed by atoms with E-state index in [1.165, 1.54) is 4.90 Å². The maximum Gasteiger partial charge on any atom is 0.417 e. The minimum atomic E-state index is -5.31. The van der Waals surface area contributed by atoms with E-state index in [1.807, 2.05) is 4.90 Å². The molecule has 1 heterocycles. The molecule has 1 saturated heterocycles. The second kappa shape index (κ2) is 9.80. The van der Waals surface area contributed by atoms with Crippen LogP contribution in [0.5, 0.6) is 0 Å². The van der Waals surface area contributed by atoms with Gasteiger partial charge in [0.05, 0.1) is 30.9 Å². The topological polar surface area (TPSA) is 53.0 Å². The summed E-state index contributed by atoms with van der Waals surface area (Å²) >= 11 is 0. The average molecular weight is 440 g/mol. The third-order valence-corrected chi connectivity index (χ3v) is 4.68. The molecule has 0 unspecified atom stereocenters. The molecular formula is C19H22F6N2O3. The first kappa shape index (κ1) is 24.2. The summed E-state index contributed by atoms with van der Waals surface area (Å²) in [5.41, 5.74) is -5.26. The minimum absolute atomic E-state index is 0.0974. The van der Waals surface area contributed by atoms with Crippen LogP contribution in [0.4, 0.5) is 26.3 Å². The van der Waals surface area contributed by atoms with E-state index < -0.39 is 40.5 Å². The van der Waals surface area contributed by atoms with Crippen LogP contribution in [-0.2, 0) is 21.9 Å². The lowest BCUT2D eigenvalue weighted by atomic mass is 9.94. The molecule has 1 fully saturated rings. The highest BCUT2D eigenvalue weighted by Crippen LogP contribution is 2.43. The third-order valence-electron chi connectivity index (χ3n) is 4.68. The molecule has 168 valence electrons. The van der Waals surface area contributed by atoms with E-state index in [0.29, 0.717) is 32.3 Å². The van der Waals surface area contributed by atoms with Gasteiger partial charge in [-0.3, -0.25) is 9.69 Å². The number of hydrogen-bond acceptors (Lipinski definition) is 4. The molecule has 0 radical (unpaired) electrons. The van der Waals surface area contributed by atoms with E-state index in [4.69, 9.17) is 9.84 Å². The van der Waals surface area contributed by atoms with Gasteiger partial charge in [-0.05, 0) is 11.6 Å². The molecule has 0 spiro atoms. The summed E-state index contributed by atoms with van der Waals surface area (Å²) in [6.07, 6.45) is -10.5. The van der Waals surface area contributed by atoms with E-state index in [-0.39, 0.29) is 26.3 Å². The number of halogens is 6. The average Bonchev–Trinajstić information content (AvgIpc) is 2.68. The second-order valence-corrected chi connectivity index (χ2v) is 6.67. The number of rotatable bonds is 7. The Balaban J connectivity index is 2.13. The zero-order valence-corrected chi connectivity index (χ0v) is 16.0. The molecule has 0 aliphatic carbocycles. The van der Waals surface area contributed by atoms with Gasteiger partial charge in [0.1, 0.15) is 0 Å². The zero-order valence-electron chi connectivity index (χ0n) is 16.0. The maximum atomic E-state index is 13.4. The fourth-order valence-electron chi connectivity index (χ4n) is 3.19. The quantitative estimate of drug-likeness (QED) is 0.403. The van der Waals surface area contributed by atoms with Crippen LogP contribution in [0.2, 0.25) is 0 Å². The Hall–Kier alpha value is -2.11. The molecule has 1 aromatic carbocycles. The number of nitrogens with zero attached hydrogens (tertiary/aromatic N) is 2. The van der Waals surface area contributed by atoms with Crippen molar-refractivity contribution in [3.8, 4) is 0 Å². The Morgan fingerprint density at radius 1 is 1.03 bits per heavy atom. The van der Waals surface area contributed by atoms with E-state index in [9.17, 15) is 31.1 Å². The Bertz CT molecular complexity index is 756. The second-order valence-electron chi connectivity index (χ2n) is 6.67. The first-order chi connectivity index (χ1) is 14.0. The van der Waals surface area contributed by atoms with Gasteiger partial charge in [0.25, 0.3) is 5.91 Å². The molecule has 1 aromatic rings. The van der Waals surface area contributed by atoms with Crippen LogP contribution in [0.15, 0.2) is 24.8 Å². The maximum absolute atomic E-state index is 13.4. The summed E-state index contributed by atoms with van der Waals surface area (Å²) in [5.74, 6) is -0.837. The van der Waals surface area contributed by atoms with Crippen LogP contribution in [-0.4, -0.2) is 73.4 Å². The third kappa shape index (κ3) is 5.96. The number of ether oxygens (including phenoxy) is 1. The molecule has 30 heavy (non-hydrogen) atoms. The SMILES string of the molecule is C=C(C(=O)N1CCN(CCOCCO)CC1)c1cccc(C(F)(F)F)c1C(F)(F)F. The van der Waals surface area contributed by atoms with Crippen molar-refractivity contribution in [1.82, 2.24) is 9.80 Å². The molecule has 1 N–H and O–H groups in total. The summed E-state index contributed by atoms with van der Waals surface area (Å²) in [7, 11) is 0. The summed E-state index contributed by atoms with van der Waals surface area (Å²) < 4.78 is 84.8. The highest BCUT2D eigenvalue weighted by molar-refractivity contribution is 6.19. The predicted molar refractivity (Wildman–Crippen MR) is 96.4 cm³/mol. The van der Waals surface area contributed by atoms with Gasteiger partial charge in [-0.15, -0.1) is 0 Å². The largest absolute Gasteiger partial charge is 0.417 e. The number of aliphatic hydroxyl groups is 1. The smallest absolute Gasteiger partial charge is 0.394 e. The van der Waals surface area contributed by atoms with Gasteiger partial charge in [-0.25, -0.2) is 0 Å². The summed E-state index contributed by atoms with van der Waals surface area (Å²) in [4.78, 5) is 15.9. The van der Waals surface area contributed by atoms with Gasteiger partial charge in [0, 0.05) is 38.3 Å². The predicted octanol–water partition coefficient (Wildman–Crippen LogP) is 2.89. The summed E-state index contributed by atoms with van der Waals surface area (Å²) in [5, 5.41) is 8.65. The van der Waals surface area contributed by atoms with E-state index in [1.54, 1.807) is 0 Å². The van der Waals surface area contributed by atoms with Crippen molar-refractivity contribution in [3.63, 3.8) is 0 Å². The number of carbonyl (C=O) groups excluding carboxylic acids is 1. The van der Waals surface area contributed by atoms with Crippen LogP contribution in [0.3, 0.4) is 0 Å². The summed E-state index contributed by atoms with van der Waals surface area (Å²) in [6.45, 7) is 5.64. The molecule has 2 rings (SSSR count). The van der Waals surface area contributed by atoms with Gasteiger partial charge in [0.2, 0.25) is 0 Å². The fraction of sp³-hybridized carbons (Fsp3) is 0.526. The van der Waals surface area contributed by atoms with E-state index >= 15 is 0 Å². The van der Waals surface area contributed by atoms with Gasteiger partial charge >= 0.3 is 12.4 Å². The Morgan fingerprint density at radius 2 is 1.67 bits per heavy atom. The molecule has 1 aliphatic rings. The molecule has 1 amide bonds. The van der Waals surface area contributed by atoms with Crippen molar-refractivity contribution in [2.45, 2.75) is 12.4 Å². The molecular weight excluding hydrogens is 418 g/mol. The van der Waals surface area contributed by atoms with E-state index in [0.717, 1.165) is 12.1 Å². The highest BCUT2D eigenvalue weighted by Gasteiger charge is 2.45. The number of amides is 1. The summed E-state index contributed by atoms with van der Waals surface area (Å²) in [6, 6.07) is 1.99. The van der Waals surface area contributed by atoms with Crippen LogP contribution < -0.4 is 0 Å². The van der Waals surface area contributed by atoms with Gasteiger partial charge in [0.15, 0.2) is 0 Å². The van der Waals surface area contributed by atoms with Gasteiger partial charge < -0.3 is 14.7 Å².